The molecule has 1 amide bonds. The van der Waals surface area contributed by atoms with Gasteiger partial charge in [0, 0.05) is 19.3 Å². The average Bonchev–Trinajstić information content (AvgIpc) is 3.43. The van der Waals surface area contributed by atoms with Crippen LogP contribution in [0.3, 0.4) is 0 Å². The lowest BCUT2D eigenvalue weighted by molar-refractivity contribution is -0.139. The number of carbonyl (C=O) groups is 2. The van der Waals surface area contributed by atoms with Gasteiger partial charge >= 0.3 is 5.97 Å². The molecule has 158 valence electrons. The molecule has 0 bridgehead atoms. The Morgan fingerprint density at radius 1 is 1.20 bits per heavy atom. The molecule has 4 rings (SSSR count). The van der Waals surface area contributed by atoms with Crippen molar-refractivity contribution >= 4 is 28.8 Å². The number of nitrogens with zero attached hydrogens (tertiary/aromatic N) is 3. The molecule has 0 aromatic heterocycles. The summed E-state index contributed by atoms with van der Waals surface area (Å²) < 4.78 is 11.0. The molecule has 3 heterocycles. The van der Waals surface area contributed by atoms with Crippen LogP contribution >= 0.6 is 11.8 Å². The molecule has 0 radical (unpaired) electrons. The van der Waals surface area contributed by atoms with Crippen molar-refractivity contribution in [3.8, 4) is 5.75 Å². The van der Waals surface area contributed by atoms with Crippen molar-refractivity contribution in [1.82, 2.24) is 9.80 Å². The molecule has 3 aliphatic heterocycles. The molecule has 0 aliphatic carbocycles. The van der Waals surface area contributed by atoms with Crippen LogP contribution in [0.5, 0.6) is 5.75 Å². The number of benzene rings is 1. The van der Waals surface area contributed by atoms with E-state index in [2.05, 4.69) is 4.99 Å². The molecular formula is C22H25N3O4S. The van der Waals surface area contributed by atoms with E-state index < -0.39 is 0 Å². The van der Waals surface area contributed by atoms with E-state index in [1.54, 1.807) is 6.92 Å². The number of hydrogen-bond donors (Lipinski definition) is 0. The molecule has 0 spiro atoms. The number of carbonyl (C=O) groups excluding carboxylic acids is 2. The summed E-state index contributed by atoms with van der Waals surface area (Å²) in [6.07, 6.45) is 4.05. The Labute approximate surface area is 180 Å². The average molecular weight is 428 g/mol. The minimum absolute atomic E-state index is 0.0205. The number of aliphatic imine (C=N–C) groups is 1. The van der Waals surface area contributed by atoms with Crippen LogP contribution in [-0.4, -0.2) is 53.1 Å². The van der Waals surface area contributed by atoms with Gasteiger partial charge in [0.2, 0.25) is 0 Å². The largest absolute Gasteiger partial charge is 0.484 e. The lowest BCUT2D eigenvalue weighted by atomic mass is 9.95. The highest BCUT2D eigenvalue weighted by Crippen LogP contribution is 2.41. The Kier molecular flexibility index (Phi) is 6.13. The van der Waals surface area contributed by atoms with E-state index in [0.717, 1.165) is 36.7 Å². The summed E-state index contributed by atoms with van der Waals surface area (Å²) in [7, 11) is 0. The minimum Gasteiger partial charge on any atom is -0.484 e. The van der Waals surface area contributed by atoms with Gasteiger partial charge in [-0.3, -0.25) is 4.79 Å². The predicted octanol–water partition coefficient (Wildman–Crippen LogP) is 3.46. The molecule has 7 nitrogen and oxygen atoms in total. The second-order valence-corrected chi connectivity index (χ2v) is 8.15. The van der Waals surface area contributed by atoms with Crippen molar-refractivity contribution in [2.45, 2.75) is 32.7 Å². The number of hydrogen-bond acceptors (Lipinski definition) is 7. The summed E-state index contributed by atoms with van der Waals surface area (Å²) in [6, 6.07) is 7.20. The number of amides is 1. The van der Waals surface area contributed by atoms with Gasteiger partial charge in [-0.15, -0.1) is 0 Å². The predicted molar refractivity (Wildman–Crippen MR) is 116 cm³/mol. The van der Waals surface area contributed by atoms with Crippen LogP contribution in [-0.2, 0) is 14.3 Å². The quantitative estimate of drug-likeness (QED) is 0.648. The van der Waals surface area contributed by atoms with E-state index in [1.165, 1.54) is 11.8 Å². The third-order valence-corrected chi connectivity index (χ3v) is 6.10. The van der Waals surface area contributed by atoms with Crippen molar-refractivity contribution in [2.24, 2.45) is 4.99 Å². The van der Waals surface area contributed by atoms with Crippen molar-refractivity contribution in [3.63, 3.8) is 0 Å². The van der Waals surface area contributed by atoms with Crippen LogP contribution in [0, 0.1) is 0 Å². The molecule has 0 N–H and O–H groups in total. The standard InChI is InChI=1S/C22H25N3O4S/c1-3-28-21(27)19-15(2)23-22-25(12-13-30-22)20(19)16-6-8-17(9-7-16)29-14-18(26)24-10-4-5-11-24/h6-9,12-13,20H,3-5,10-11,14H2,1-2H3. The van der Waals surface area contributed by atoms with E-state index >= 15 is 0 Å². The topological polar surface area (TPSA) is 71.4 Å². The summed E-state index contributed by atoms with van der Waals surface area (Å²) in [4.78, 5) is 33.3. The first kappa shape index (κ1) is 20.5. The van der Waals surface area contributed by atoms with Crippen LogP contribution in [0.15, 0.2) is 52.1 Å². The monoisotopic (exact) mass is 427 g/mol. The Morgan fingerprint density at radius 3 is 2.63 bits per heavy atom. The first-order chi connectivity index (χ1) is 14.6. The number of likely N-dealkylation sites (tertiary alicyclic amines) is 1. The third-order valence-electron chi connectivity index (χ3n) is 5.33. The zero-order valence-corrected chi connectivity index (χ0v) is 18.0. The van der Waals surface area contributed by atoms with Crippen LogP contribution in [0.25, 0.3) is 0 Å². The molecule has 1 unspecified atom stereocenters. The zero-order valence-electron chi connectivity index (χ0n) is 17.2. The molecule has 1 aromatic carbocycles. The second kappa shape index (κ2) is 8.95. The molecule has 1 atom stereocenters. The summed E-state index contributed by atoms with van der Waals surface area (Å²) in [5.41, 5.74) is 2.12. The van der Waals surface area contributed by atoms with Crippen LogP contribution < -0.4 is 4.74 Å². The van der Waals surface area contributed by atoms with Crippen LogP contribution in [0.2, 0.25) is 0 Å². The van der Waals surface area contributed by atoms with Gasteiger partial charge in [-0.2, -0.15) is 0 Å². The lowest BCUT2D eigenvalue weighted by Crippen LogP contribution is -2.34. The maximum Gasteiger partial charge on any atom is 0.338 e. The number of esters is 1. The van der Waals surface area contributed by atoms with Crippen molar-refractivity contribution < 1.29 is 19.1 Å². The van der Waals surface area contributed by atoms with Gasteiger partial charge < -0.3 is 19.3 Å². The normalized spacial score (nSPS) is 20.3. The van der Waals surface area contributed by atoms with E-state index in [9.17, 15) is 9.59 Å². The number of fused-ring (bicyclic) bond motifs is 1. The van der Waals surface area contributed by atoms with Gasteiger partial charge in [0.25, 0.3) is 5.91 Å². The zero-order chi connectivity index (χ0) is 21.1. The van der Waals surface area contributed by atoms with Gasteiger partial charge in [0.15, 0.2) is 11.8 Å². The summed E-state index contributed by atoms with van der Waals surface area (Å²) in [5.74, 6) is 0.289. The molecule has 1 saturated heterocycles. The molecule has 1 aromatic rings. The fourth-order valence-corrected chi connectivity index (χ4v) is 4.64. The maximum absolute atomic E-state index is 12.7. The van der Waals surface area contributed by atoms with Crippen LogP contribution in [0.4, 0.5) is 0 Å². The van der Waals surface area contributed by atoms with E-state index in [4.69, 9.17) is 9.47 Å². The van der Waals surface area contributed by atoms with Gasteiger partial charge in [0.05, 0.1) is 23.9 Å². The van der Waals surface area contributed by atoms with Crippen molar-refractivity contribution in [3.05, 3.63) is 52.7 Å². The highest BCUT2D eigenvalue weighted by Gasteiger charge is 2.37. The van der Waals surface area contributed by atoms with Crippen LogP contribution in [0.1, 0.15) is 38.3 Å². The maximum atomic E-state index is 12.7. The third kappa shape index (κ3) is 4.09. The molecule has 1 fully saturated rings. The second-order valence-electron chi connectivity index (χ2n) is 7.27. The number of thioether (sulfide) groups is 1. The highest BCUT2D eigenvalue weighted by molar-refractivity contribution is 8.16. The number of rotatable bonds is 6. The van der Waals surface area contributed by atoms with Crippen molar-refractivity contribution in [2.75, 3.05) is 26.3 Å². The SMILES string of the molecule is CCOC(=O)C1=C(C)N=C2SC=CN2C1c1ccc(OCC(=O)N2CCCC2)cc1. The Balaban J connectivity index is 1.52. The Bertz CT molecular complexity index is 917. The van der Waals surface area contributed by atoms with E-state index in [1.807, 2.05) is 52.6 Å². The van der Waals surface area contributed by atoms with E-state index in [0.29, 0.717) is 23.6 Å². The Hall–Kier alpha value is -2.74. The molecule has 3 aliphatic rings. The minimum atomic E-state index is -0.357. The number of amidine groups is 1. The molecule has 0 saturated carbocycles. The Morgan fingerprint density at radius 2 is 1.93 bits per heavy atom. The van der Waals surface area contributed by atoms with E-state index in [-0.39, 0.29) is 24.5 Å². The fourth-order valence-electron chi connectivity index (χ4n) is 3.85. The molecular weight excluding hydrogens is 402 g/mol. The number of allylic oxidation sites excluding steroid dienone is 1. The first-order valence-corrected chi connectivity index (χ1v) is 11.0. The smallest absolute Gasteiger partial charge is 0.338 e. The van der Waals surface area contributed by atoms with Crippen molar-refractivity contribution in [1.29, 1.82) is 0 Å². The van der Waals surface area contributed by atoms with Gasteiger partial charge in [-0.05, 0) is 49.8 Å². The first-order valence-electron chi connectivity index (χ1n) is 10.2. The highest BCUT2D eigenvalue weighted by atomic mass is 32.2. The number of ether oxygens (including phenoxy) is 2. The fraction of sp³-hybridized carbons (Fsp3) is 0.409. The van der Waals surface area contributed by atoms with Gasteiger partial charge in [0.1, 0.15) is 5.75 Å². The van der Waals surface area contributed by atoms with Gasteiger partial charge in [-0.1, -0.05) is 23.9 Å². The summed E-state index contributed by atoms with van der Waals surface area (Å²) in [5, 5.41) is 2.79. The summed E-state index contributed by atoms with van der Waals surface area (Å²) >= 11 is 1.52. The van der Waals surface area contributed by atoms with Gasteiger partial charge in [-0.25, -0.2) is 9.79 Å². The summed E-state index contributed by atoms with van der Waals surface area (Å²) in [6.45, 7) is 5.61. The molecule has 30 heavy (non-hydrogen) atoms. The molecule has 8 heteroatoms. The lowest BCUT2D eigenvalue weighted by Gasteiger charge is -2.33.